The van der Waals surface area contributed by atoms with Gasteiger partial charge in [0.25, 0.3) is 0 Å². The van der Waals surface area contributed by atoms with Crippen LogP contribution in [0.3, 0.4) is 0 Å². The number of aromatic carboxylic acids is 1. The summed E-state index contributed by atoms with van der Waals surface area (Å²) in [7, 11) is 0. The average Bonchev–Trinajstić information content (AvgIpc) is 2.80. The molecule has 1 aromatic carbocycles. The zero-order valence-corrected chi connectivity index (χ0v) is 10.9. The topological polar surface area (TPSA) is 68.0 Å². The molecule has 0 amide bonds. The number of carboxylic acid groups (broad SMARTS) is 1. The molecule has 2 aromatic heterocycles. The molecule has 0 radical (unpaired) electrons. The van der Waals surface area contributed by atoms with Crippen LogP contribution in [0.15, 0.2) is 42.7 Å². The molecule has 5 nitrogen and oxygen atoms in total. The van der Waals surface area contributed by atoms with Crippen LogP contribution in [0.4, 0.5) is 0 Å². The fourth-order valence-corrected chi connectivity index (χ4v) is 2.24. The van der Waals surface area contributed by atoms with Gasteiger partial charge in [-0.2, -0.15) is 0 Å². The lowest BCUT2D eigenvalue weighted by atomic mass is 10.1. The van der Waals surface area contributed by atoms with Crippen molar-refractivity contribution in [2.24, 2.45) is 0 Å². The zero-order valence-electron chi connectivity index (χ0n) is 10.9. The minimum Gasteiger partial charge on any atom is -0.477 e. The van der Waals surface area contributed by atoms with Crippen molar-refractivity contribution in [2.75, 3.05) is 0 Å². The lowest BCUT2D eigenvalue weighted by molar-refractivity contribution is 0.0685. The van der Waals surface area contributed by atoms with Gasteiger partial charge in [0.2, 0.25) is 0 Å². The number of benzene rings is 1. The Hall–Kier alpha value is -2.69. The van der Waals surface area contributed by atoms with Crippen molar-refractivity contribution in [1.82, 2.24) is 14.5 Å². The smallest absolute Gasteiger partial charge is 0.354 e. The summed E-state index contributed by atoms with van der Waals surface area (Å²) >= 11 is 0. The van der Waals surface area contributed by atoms with E-state index in [1.165, 1.54) is 6.20 Å². The SMILES string of the molecule is Cc1ncc(C(=O)O)n1Cc1ccc2ncccc2c1. The van der Waals surface area contributed by atoms with Gasteiger partial charge in [0, 0.05) is 18.1 Å². The number of nitrogens with zero attached hydrogens (tertiary/aromatic N) is 3. The Kier molecular flexibility index (Phi) is 2.95. The molecule has 0 fully saturated rings. The van der Waals surface area contributed by atoms with Crippen LogP contribution in [-0.4, -0.2) is 25.6 Å². The second kappa shape index (κ2) is 4.77. The van der Waals surface area contributed by atoms with Crippen LogP contribution in [-0.2, 0) is 6.54 Å². The van der Waals surface area contributed by atoms with Crippen LogP contribution in [0.5, 0.6) is 0 Å². The van der Waals surface area contributed by atoms with E-state index in [-0.39, 0.29) is 5.69 Å². The highest BCUT2D eigenvalue weighted by molar-refractivity contribution is 5.85. The van der Waals surface area contributed by atoms with Gasteiger partial charge in [0.05, 0.1) is 11.7 Å². The van der Waals surface area contributed by atoms with E-state index in [9.17, 15) is 4.79 Å². The maximum absolute atomic E-state index is 11.2. The molecular formula is C15H13N3O2. The third-order valence-electron chi connectivity index (χ3n) is 3.28. The summed E-state index contributed by atoms with van der Waals surface area (Å²) in [6, 6.07) is 9.80. The highest BCUT2D eigenvalue weighted by Crippen LogP contribution is 2.16. The molecule has 1 N–H and O–H groups in total. The molecule has 100 valence electrons. The summed E-state index contributed by atoms with van der Waals surface area (Å²) in [5.74, 6) is -0.276. The fourth-order valence-electron chi connectivity index (χ4n) is 2.24. The molecule has 0 bridgehead atoms. The van der Waals surface area contributed by atoms with Gasteiger partial charge in [-0.3, -0.25) is 4.98 Å². The minimum atomic E-state index is -0.965. The maximum Gasteiger partial charge on any atom is 0.354 e. The summed E-state index contributed by atoms with van der Waals surface area (Å²) in [5.41, 5.74) is 2.15. The van der Waals surface area contributed by atoms with Crippen molar-refractivity contribution < 1.29 is 9.90 Å². The normalized spacial score (nSPS) is 10.8. The van der Waals surface area contributed by atoms with Gasteiger partial charge in [-0.25, -0.2) is 9.78 Å². The Morgan fingerprint density at radius 3 is 2.95 bits per heavy atom. The predicted octanol–water partition coefficient (Wildman–Crippen LogP) is 2.49. The van der Waals surface area contributed by atoms with Crippen molar-refractivity contribution in [3.8, 4) is 0 Å². The molecule has 3 rings (SSSR count). The van der Waals surface area contributed by atoms with Crippen LogP contribution in [0.1, 0.15) is 21.9 Å². The van der Waals surface area contributed by atoms with E-state index >= 15 is 0 Å². The third-order valence-corrected chi connectivity index (χ3v) is 3.28. The number of carboxylic acids is 1. The first-order chi connectivity index (χ1) is 9.65. The van der Waals surface area contributed by atoms with Crippen LogP contribution in [0.25, 0.3) is 10.9 Å². The van der Waals surface area contributed by atoms with E-state index in [1.54, 1.807) is 17.7 Å². The number of carbonyl (C=O) groups is 1. The summed E-state index contributed by atoms with van der Waals surface area (Å²) in [4.78, 5) is 19.5. The van der Waals surface area contributed by atoms with E-state index in [2.05, 4.69) is 9.97 Å². The maximum atomic E-state index is 11.2. The van der Waals surface area contributed by atoms with E-state index in [1.807, 2.05) is 30.3 Å². The van der Waals surface area contributed by atoms with Gasteiger partial charge in [-0.1, -0.05) is 12.1 Å². The fraction of sp³-hybridized carbons (Fsp3) is 0.133. The van der Waals surface area contributed by atoms with E-state index in [0.29, 0.717) is 12.4 Å². The number of aryl methyl sites for hydroxylation is 1. The Balaban J connectivity index is 2.01. The van der Waals surface area contributed by atoms with Gasteiger partial charge < -0.3 is 9.67 Å². The van der Waals surface area contributed by atoms with E-state index < -0.39 is 5.97 Å². The molecule has 0 spiro atoms. The highest BCUT2D eigenvalue weighted by Gasteiger charge is 2.13. The Labute approximate surface area is 115 Å². The van der Waals surface area contributed by atoms with Gasteiger partial charge in [-0.15, -0.1) is 0 Å². The summed E-state index contributed by atoms with van der Waals surface area (Å²) in [6.45, 7) is 2.29. The molecule has 0 aliphatic heterocycles. The van der Waals surface area contributed by atoms with Crippen molar-refractivity contribution in [3.05, 3.63) is 59.8 Å². The number of pyridine rings is 1. The quantitative estimate of drug-likeness (QED) is 0.791. The van der Waals surface area contributed by atoms with Gasteiger partial charge in [-0.05, 0) is 30.7 Å². The molecule has 0 aliphatic rings. The molecule has 0 atom stereocenters. The first-order valence-electron chi connectivity index (χ1n) is 6.24. The Bertz CT molecular complexity index is 793. The molecule has 5 heteroatoms. The molecule has 0 saturated carbocycles. The molecule has 2 heterocycles. The Morgan fingerprint density at radius 1 is 1.30 bits per heavy atom. The monoisotopic (exact) mass is 267 g/mol. The molecule has 0 saturated heterocycles. The second-order valence-corrected chi connectivity index (χ2v) is 4.61. The van der Waals surface area contributed by atoms with Crippen molar-refractivity contribution in [3.63, 3.8) is 0 Å². The van der Waals surface area contributed by atoms with Crippen LogP contribution in [0.2, 0.25) is 0 Å². The molecule has 0 unspecified atom stereocenters. The average molecular weight is 267 g/mol. The van der Waals surface area contributed by atoms with Crippen molar-refractivity contribution >= 4 is 16.9 Å². The summed E-state index contributed by atoms with van der Waals surface area (Å²) < 4.78 is 1.69. The van der Waals surface area contributed by atoms with Crippen LogP contribution in [0, 0.1) is 6.92 Å². The minimum absolute atomic E-state index is 0.203. The number of aromatic nitrogens is 3. The van der Waals surface area contributed by atoms with Gasteiger partial charge in [0.15, 0.2) is 0 Å². The first-order valence-corrected chi connectivity index (χ1v) is 6.24. The summed E-state index contributed by atoms with van der Waals surface area (Å²) in [6.07, 6.45) is 3.14. The van der Waals surface area contributed by atoms with Gasteiger partial charge >= 0.3 is 5.97 Å². The second-order valence-electron chi connectivity index (χ2n) is 4.61. The number of imidazole rings is 1. The van der Waals surface area contributed by atoms with E-state index in [0.717, 1.165) is 16.5 Å². The lowest BCUT2D eigenvalue weighted by Gasteiger charge is -2.08. The van der Waals surface area contributed by atoms with Gasteiger partial charge in [0.1, 0.15) is 11.5 Å². The molecule has 3 aromatic rings. The Morgan fingerprint density at radius 2 is 2.15 bits per heavy atom. The molecule has 0 aliphatic carbocycles. The number of fused-ring (bicyclic) bond motifs is 1. The molecule has 20 heavy (non-hydrogen) atoms. The largest absolute Gasteiger partial charge is 0.477 e. The third kappa shape index (κ3) is 2.14. The number of hydrogen-bond donors (Lipinski definition) is 1. The lowest BCUT2D eigenvalue weighted by Crippen LogP contribution is -2.10. The molecular weight excluding hydrogens is 254 g/mol. The number of rotatable bonds is 3. The first kappa shape index (κ1) is 12.3. The highest BCUT2D eigenvalue weighted by atomic mass is 16.4. The van der Waals surface area contributed by atoms with Crippen LogP contribution >= 0.6 is 0 Å². The van der Waals surface area contributed by atoms with E-state index in [4.69, 9.17) is 5.11 Å². The van der Waals surface area contributed by atoms with Crippen LogP contribution < -0.4 is 0 Å². The van der Waals surface area contributed by atoms with Crippen molar-refractivity contribution in [1.29, 1.82) is 0 Å². The standard InChI is InChI=1S/C15H13N3O2/c1-10-17-8-14(15(19)20)18(10)9-11-4-5-13-12(7-11)3-2-6-16-13/h2-8H,9H2,1H3,(H,19,20). The number of hydrogen-bond acceptors (Lipinski definition) is 3. The zero-order chi connectivity index (χ0) is 14.1. The predicted molar refractivity (Wildman–Crippen MR) is 74.8 cm³/mol. The summed E-state index contributed by atoms with van der Waals surface area (Å²) in [5, 5.41) is 10.2. The van der Waals surface area contributed by atoms with Crippen molar-refractivity contribution in [2.45, 2.75) is 13.5 Å².